The minimum absolute atomic E-state index is 0.0305. The summed E-state index contributed by atoms with van der Waals surface area (Å²) in [6.07, 6.45) is 0.433. The zero-order valence-corrected chi connectivity index (χ0v) is 62.3. The number of amides is 12. The number of hydrogen-bond donors (Lipinski definition) is 3. The minimum atomic E-state index is -4.82. The third-order valence-electron chi connectivity index (χ3n) is 20.4. The van der Waals surface area contributed by atoms with Crippen molar-refractivity contribution in [1.82, 2.24) is 64.9 Å². The van der Waals surface area contributed by atoms with Gasteiger partial charge in [-0.3, -0.25) is 62.4 Å². The number of carbonyl (C=O) groups excluding carboxylic acids is 12. The van der Waals surface area contributed by atoms with Crippen LogP contribution in [0.3, 0.4) is 0 Å². The molecule has 0 aromatic heterocycles. The maximum absolute atomic E-state index is 15.3. The second kappa shape index (κ2) is 37.3. The molecule has 3 saturated heterocycles. The molecule has 1 aromatic carbocycles. The predicted molar refractivity (Wildman–Crippen MR) is 368 cm³/mol. The molecule has 1 saturated carbocycles. The van der Waals surface area contributed by atoms with E-state index in [4.69, 9.17) is 11.6 Å². The summed E-state index contributed by atoms with van der Waals surface area (Å²) in [7, 11) is 10.6. The van der Waals surface area contributed by atoms with Crippen LogP contribution in [-0.2, 0) is 70.1 Å². The van der Waals surface area contributed by atoms with Gasteiger partial charge in [-0.05, 0) is 99.7 Å². The lowest BCUT2D eigenvalue weighted by Gasteiger charge is -2.41. The van der Waals surface area contributed by atoms with E-state index in [9.17, 15) is 60.3 Å². The number of halogens is 6. The Kier molecular flexibility index (Phi) is 31.2. The van der Waals surface area contributed by atoms with Crippen molar-refractivity contribution in [1.29, 1.82) is 0 Å². The molecule has 9 atom stereocenters. The number of piperidine rings is 1. The summed E-state index contributed by atoms with van der Waals surface area (Å²) in [5.74, 6) is -13.8. The Morgan fingerprint density at radius 1 is 0.624 bits per heavy atom. The summed E-state index contributed by atoms with van der Waals surface area (Å²) in [6, 6.07) is -8.22. The van der Waals surface area contributed by atoms with Gasteiger partial charge in [0.15, 0.2) is 0 Å². The highest BCUT2D eigenvalue weighted by Crippen LogP contribution is 2.36. The maximum Gasteiger partial charge on any atom is 0.417 e. The van der Waals surface area contributed by atoms with E-state index < -0.39 is 193 Å². The number of nitrogens with zero attached hydrogens (tertiary/aromatic N) is 10. The smallest absolute Gasteiger partial charge is 0.343 e. The molecule has 4 fully saturated rings. The van der Waals surface area contributed by atoms with Crippen molar-refractivity contribution in [3.63, 3.8) is 0 Å². The molecule has 4 aliphatic rings. The van der Waals surface area contributed by atoms with Crippen molar-refractivity contribution in [2.75, 3.05) is 109 Å². The first-order valence-electron chi connectivity index (χ1n) is 35.3. The van der Waals surface area contributed by atoms with Crippen molar-refractivity contribution in [2.24, 2.45) is 23.7 Å². The topological polar surface area (TPSA) is 273 Å². The second-order valence-corrected chi connectivity index (χ2v) is 29.5. The summed E-state index contributed by atoms with van der Waals surface area (Å²) >= 11 is 6.13. The summed E-state index contributed by atoms with van der Waals surface area (Å²) in [6.45, 7) is 9.03. The van der Waals surface area contributed by atoms with Crippen LogP contribution >= 0.6 is 11.6 Å². The monoisotopic (exact) mass is 1450 g/mol. The van der Waals surface area contributed by atoms with Crippen LogP contribution in [-0.4, -0.2) is 283 Å². The van der Waals surface area contributed by atoms with Crippen molar-refractivity contribution >= 4 is 82.5 Å². The van der Waals surface area contributed by atoms with E-state index in [2.05, 4.69) is 16.0 Å². The standard InChI is InChI=1S/C70H109ClF5N13O12/c1-16-44(6)59-67(100)82(10)38-57(92)80(8)39-58(93)84(12)53(35-46-23-19-17-20-24-46)65(98)81(9)37-55(90)77-50(28-26-47-25-27-48(49(71)34-47)70(74,75)76)63(96)85(13)52(29-32-88-40-69(72,73)41-88)62(95)78-51(33-42(2)3)64(97)87(15)60(43(4)5)68(101)86(14)54(66(99)89-30-21-18-22-31-89)36-56(91)83(11)45(7)61(94)79-59/h25,27,34,42-46,50-54,59-60H,16-24,26,28-33,35-41H2,1-15H3,(H,77,90)(H,78,95)(H,79,94)/t44-,45-,50-,51-,52-,53-,54-,59-,60-/m0/s1. The first-order valence-corrected chi connectivity index (χ1v) is 35.7. The van der Waals surface area contributed by atoms with E-state index in [0.29, 0.717) is 32.4 Å². The number of carbonyl (C=O) groups is 12. The van der Waals surface area contributed by atoms with Crippen LogP contribution in [0.25, 0.3) is 0 Å². The molecule has 25 nitrogen and oxygen atoms in total. The number of rotatable bonds is 14. The fourth-order valence-electron chi connectivity index (χ4n) is 13.6. The number of benzene rings is 1. The Morgan fingerprint density at radius 3 is 1.77 bits per heavy atom. The Morgan fingerprint density at radius 2 is 1.21 bits per heavy atom. The number of aryl methyl sites for hydroxylation is 1. The van der Waals surface area contributed by atoms with E-state index in [1.807, 2.05) is 0 Å². The lowest BCUT2D eigenvalue weighted by atomic mass is 9.84. The quantitative estimate of drug-likeness (QED) is 0.213. The fourth-order valence-corrected chi connectivity index (χ4v) is 13.9. The van der Waals surface area contributed by atoms with Crippen molar-refractivity contribution < 1.29 is 79.5 Å². The zero-order valence-electron chi connectivity index (χ0n) is 61.6. The number of alkyl halides is 5. The Balaban J connectivity index is 1.64. The summed E-state index contributed by atoms with van der Waals surface area (Å²) in [5.41, 5.74) is -0.924. The highest BCUT2D eigenvalue weighted by molar-refractivity contribution is 6.31. The maximum atomic E-state index is 15.3. The van der Waals surface area contributed by atoms with Gasteiger partial charge in [0.2, 0.25) is 70.9 Å². The molecule has 3 heterocycles. The molecular formula is C70H109ClF5N13O12. The van der Waals surface area contributed by atoms with Gasteiger partial charge in [-0.25, -0.2) is 8.78 Å². The molecule has 3 aliphatic heterocycles. The molecule has 101 heavy (non-hydrogen) atoms. The lowest BCUT2D eigenvalue weighted by molar-refractivity contribution is -0.155. The number of likely N-dealkylation sites (N-methyl/N-ethyl adjacent to an activating group) is 8. The van der Waals surface area contributed by atoms with Crippen LogP contribution in [0.5, 0.6) is 0 Å². The van der Waals surface area contributed by atoms with Gasteiger partial charge in [0.1, 0.15) is 48.3 Å². The van der Waals surface area contributed by atoms with E-state index in [0.717, 1.165) is 91.0 Å². The predicted octanol–water partition coefficient (Wildman–Crippen LogP) is 4.75. The SMILES string of the molecule is CC[C@H](C)[C@@H]1NC(=O)[C@H](C)N(C)C(=O)C[C@@H](C(=O)N2CCCCC2)N(C)C(=O)[C@H](C(C)C)N(C)C(=O)[C@H](CC(C)C)NC(=O)[C@H](CCN2CC(F)(F)C2)N(C)C(=O)[C@H](CCc2ccc(C(F)(F)F)c(Cl)c2)NC(=O)CN(C)C(=O)[C@H](CC2CCCCC2)N(C)C(=O)CN(C)C(=O)CN(C)C1=O. The zero-order chi connectivity index (χ0) is 75.9. The average molecular weight is 1460 g/mol. The Bertz CT molecular complexity index is 3110. The molecule has 0 bridgehead atoms. The van der Waals surface area contributed by atoms with E-state index in [1.165, 1.54) is 73.1 Å². The lowest BCUT2D eigenvalue weighted by Crippen LogP contribution is -2.62. The van der Waals surface area contributed by atoms with Crippen LogP contribution in [0.2, 0.25) is 5.02 Å². The van der Waals surface area contributed by atoms with Gasteiger partial charge in [-0.2, -0.15) is 13.2 Å². The van der Waals surface area contributed by atoms with Gasteiger partial charge >= 0.3 is 6.18 Å². The van der Waals surface area contributed by atoms with Gasteiger partial charge in [-0.1, -0.05) is 97.7 Å². The summed E-state index contributed by atoms with van der Waals surface area (Å²) in [4.78, 5) is 188. The van der Waals surface area contributed by atoms with Gasteiger partial charge < -0.3 is 60.0 Å². The fraction of sp³-hybridized carbons (Fsp3) is 0.743. The van der Waals surface area contributed by atoms with E-state index in [1.54, 1.807) is 46.4 Å². The summed E-state index contributed by atoms with van der Waals surface area (Å²) in [5, 5.41) is 7.56. The Hall–Kier alpha value is -7.24. The van der Waals surface area contributed by atoms with Crippen LogP contribution in [0.4, 0.5) is 22.0 Å². The second-order valence-electron chi connectivity index (χ2n) is 29.1. The molecular weight excluding hydrogens is 1350 g/mol. The molecule has 0 radical (unpaired) electrons. The van der Waals surface area contributed by atoms with Crippen LogP contribution in [0.1, 0.15) is 149 Å². The minimum Gasteiger partial charge on any atom is -0.343 e. The molecule has 3 N–H and O–H groups in total. The number of likely N-dealkylation sites (tertiary alicyclic amines) is 2. The van der Waals surface area contributed by atoms with Crippen LogP contribution in [0.15, 0.2) is 18.2 Å². The van der Waals surface area contributed by atoms with Crippen molar-refractivity contribution in [3.05, 3.63) is 34.3 Å². The van der Waals surface area contributed by atoms with E-state index in [-0.39, 0.29) is 56.0 Å². The molecule has 5 rings (SSSR count). The third kappa shape index (κ3) is 23.1. The van der Waals surface area contributed by atoms with Gasteiger partial charge in [0, 0.05) is 76.0 Å². The highest BCUT2D eigenvalue weighted by atomic mass is 35.5. The van der Waals surface area contributed by atoms with E-state index >= 15 is 19.2 Å². The molecule has 0 unspecified atom stereocenters. The first kappa shape index (κ1) is 84.4. The average Bonchev–Trinajstić information content (AvgIpc) is 0.810. The normalized spacial score (nSPS) is 26.2. The largest absolute Gasteiger partial charge is 0.417 e. The van der Waals surface area contributed by atoms with Gasteiger partial charge in [0.05, 0.1) is 49.7 Å². The molecule has 568 valence electrons. The van der Waals surface area contributed by atoms with Crippen LogP contribution < -0.4 is 16.0 Å². The highest BCUT2D eigenvalue weighted by Gasteiger charge is 2.47. The number of nitrogens with one attached hydrogen (secondary N) is 3. The molecule has 12 amide bonds. The molecule has 1 aliphatic carbocycles. The molecule has 1 aromatic rings. The molecule has 0 spiro atoms. The Labute approximate surface area is 596 Å². The van der Waals surface area contributed by atoms with Crippen molar-refractivity contribution in [3.8, 4) is 0 Å². The molecule has 31 heteroatoms. The number of hydrogen-bond acceptors (Lipinski definition) is 13. The van der Waals surface area contributed by atoms with Crippen molar-refractivity contribution in [2.45, 2.75) is 205 Å². The van der Waals surface area contributed by atoms with Crippen LogP contribution in [0, 0.1) is 23.7 Å². The van der Waals surface area contributed by atoms with Gasteiger partial charge in [-0.15, -0.1) is 0 Å². The first-order chi connectivity index (χ1) is 47.1. The van der Waals surface area contributed by atoms with Gasteiger partial charge in [0.25, 0.3) is 5.92 Å². The third-order valence-corrected chi connectivity index (χ3v) is 20.7. The summed E-state index contributed by atoms with van der Waals surface area (Å²) < 4.78 is 70.4.